The van der Waals surface area contributed by atoms with Gasteiger partial charge in [-0.1, -0.05) is 13.3 Å². The highest BCUT2D eigenvalue weighted by Gasteiger charge is 2.26. The van der Waals surface area contributed by atoms with Gasteiger partial charge in [-0.15, -0.1) is 0 Å². The fraction of sp³-hybridized carbons (Fsp3) is 0.692. The third kappa shape index (κ3) is 3.32. The number of piperidine rings is 1. The Kier molecular flexibility index (Phi) is 4.75. The van der Waals surface area contributed by atoms with Crippen molar-refractivity contribution in [1.82, 2.24) is 20.2 Å². The van der Waals surface area contributed by atoms with Gasteiger partial charge in [0.05, 0.1) is 12.4 Å². The average molecular weight is 250 g/mol. The van der Waals surface area contributed by atoms with Gasteiger partial charge in [0.2, 0.25) is 5.91 Å². The molecule has 0 saturated carbocycles. The molecule has 2 rings (SSSR count). The Balaban J connectivity index is 1.76. The average Bonchev–Trinajstić information content (AvgIpc) is 2.91. The van der Waals surface area contributed by atoms with Gasteiger partial charge in [-0.2, -0.15) is 0 Å². The van der Waals surface area contributed by atoms with Crippen molar-refractivity contribution < 1.29 is 4.79 Å². The van der Waals surface area contributed by atoms with Crippen LogP contribution in [0, 0.1) is 0 Å². The Labute approximate surface area is 108 Å². The van der Waals surface area contributed by atoms with E-state index in [1.165, 1.54) is 6.42 Å². The molecule has 1 fully saturated rings. The van der Waals surface area contributed by atoms with Crippen LogP contribution in [0.1, 0.15) is 31.9 Å². The van der Waals surface area contributed by atoms with Gasteiger partial charge in [-0.05, 0) is 25.9 Å². The van der Waals surface area contributed by atoms with Gasteiger partial charge in [0.15, 0.2) is 0 Å². The standard InChI is InChI=1S/C13H22N4O/c1-2-17-8-4-3-5-12(17)13(18)15-7-6-11-9-14-10-16-11/h9-10,12H,2-8H2,1H3,(H,14,16)(H,15,18)/t12-/m1/s1. The number of amides is 1. The predicted octanol–water partition coefficient (Wildman–Crippen LogP) is 0.943. The number of nitrogens with zero attached hydrogens (tertiary/aromatic N) is 2. The molecule has 1 aromatic rings. The third-order valence-corrected chi connectivity index (χ3v) is 3.57. The zero-order valence-electron chi connectivity index (χ0n) is 11.0. The molecule has 2 heterocycles. The lowest BCUT2D eigenvalue weighted by Gasteiger charge is -2.33. The second-order valence-corrected chi connectivity index (χ2v) is 4.76. The van der Waals surface area contributed by atoms with Crippen LogP contribution in [0.2, 0.25) is 0 Å². The lowest BCUT2D eigenvalue weighted by atomic mass is 10.0. The summed E-state index contributed by atoms with van der Waals surface area (Å²) in [5.41, 5.74) is 1.06. The van der Waals surface area contributed by atoms with E-state index in [1.54, 1.807) is 12.5 Å². The number of carbonyl (C=O) groups is 1. The van der Waals surface area contributed by atoms with E-state index in [-0.39, 0.29) is 11.9 Å². The van der Waals surface area contributed by atoms with Crippen molar-refractivity contribution in [3.63, 3.8) is 0 Å². The number of rotatable bonds is 5. The lowest BCUT2D eigenvalue weighted by Crippen LogP contribution is -2.49. The first-order valence-electron chi connectivity index (χ1n) is 6.80. The summed E-state index contributed by atoms with van der Waals surface area (Å²) in [7, 11) is 0. The lowest BCUT2D eigenvalue weighted by molar-refractivity contribution is -0.127. The molecule has 0 aromatic carbocycles. The van der Waals surface area contributed by atoms with E-state index < -0.39 is 0 Å². The van der Waals surface area contributed by atoms with Crippen molar-refractivity contribution in [2.24, 2.45) is 0 Å². The molecule has 0 radical (unpaired) electrons. The zero-order valence-corrected chi connectivity index (χ0v) is 11.0. The van der Waals surface area contributed by atoms with Gasteiger partial charge in [-0.25, -0.2) is 4.98 Å². The van der Waals surface area contributed by atoms with E-state index in [0.717, 1.165) is 38.0 Å². The second kappa shape index (κ2) is 6.54. The maximum absolute atomic E-state index is 12.1. The minimum absolute atomic E-state index is 0.0746. The molecule has 0 spiro atoms. The smallest absolute Gasteiger partial charge is 0.237 e. The number of carbonyl (C=O) groups excluding carboxylic acids is 1. The molecule has 5 nitrogen and oxygen atoms in total. The fourth-order valence-corrected chi connectivity index (χ4v) is 2.53. The Morgan fingerprint density at radius 3 is 3.22 bits per heavy atom. The van der Waals surface area contributed by atoms with Crippen LogP contribution in [0.15, 0.2) is 12.5 Å². The Hall–Kier alpha value is -1.36. The monoisotopic (exact) mass is 250 g/mol. The van der Waals surface area contributed by atoms with E-state index in [2.05, 4.69) is 27.1 Å². The van der Waals surface area contributed by atoms with Gasteiger partial charge >= 0.3 is 0 Å². The first-order valence-corrected chi connectivity index (χ1v) is 6.80. The van der Waals surface area contributed by atoms with E-state index in [9.17, 15) is 4.79 Å². The Morgan fingerprint density at radius 1 is 1.61 bits per heavy atom. The van der Waals surface area contributed by atoms with Crippen molar-refractivity contribution >= 4 is 5.91 Å². The summed E-state index contributed by atoms with van der Waals surface area (Å²) >= 11 is 0. The van der Waals surface area contributed by atoms with E-state index in [1.807, 2.05) is 0 Å². The molecule has 2 N–H and O–H groups in total. The minimum atomic E-state index is 0.0746. The largest absolute Gasteiger partial charge is 0.354 e. The summed E-state index contributed by atoms with van der Waals surface area (Å²) in [6.07, 6.45) is 7.64. The van der Waals surface area contributed by atoms with E-state index >= 15 is 0 Å². The molecule has 1 atom stereocenters. The van der Waals surface area contributed by atoms with Crippen molar-refractivity contribution in [3.05, 3.63) is 18.2 Å². The molecule has 1 aromatic heterocycles. The highest BCUT2D eigenvalue weighted by molar-refractivity contribution is 5.81. The van der Waals surface area contributed by atoms with Crippen LogP contribution in [-0.2, 0) is 11.2 Å². The number of nitrogens with one attached hydrogen (secondary N) is 2. The van der Waals surface area contributed by atoms with Gasteiger partial charge in [0, 0.05) is 24.9 Å². The number of imidazole rings is 1. The maximum Gasteiger partial charge on any atom is 0.237 e. The van der Waals surface area contributed by atoms with E-state index in [0.29, 0.717) is 6.54 Å². The third-order valence-electron chi connectivity index (χ3n) is 3.57. The minimum Gasteiger partial charge on any atom is -0.354 e. The number of aromatic nitrogens is 2. The fourth-order valence-electron chi connectivity index (χ4n) is 2.53. The van der Waals surface area contributed by atoms with Gasteiger partial charge in [0.25, 0.3) is 0 Å². The SMILES string of the molecule is CCN1CCCC[C@@H]1C(=O)NCCc1cnc[nH]1. The van der Waals surface area contributed by atoms with Crippen LogP contribution < -0.4 is 5.32 Å². The molecular weight excluding hydrogens is 228 g/mol. The first-order chi connectivity index (χ1) is 8.81. The van der Waals surface area contributed by atoms with Gasteiger partial charge in [-0.3, -0.25) is 9.69 Å². The molecule has 5 heteroatoms. The molecule has 0 bridgehead atoms. The number of likely N-dealkylation sites (N-methyl/N-ethyl adjacent to an activating group) is 1. The Morgan fingerprint density at radius 2 is 2.50 bits per heavy atom. The molecule has 100 valence electrons. The van der Waals surface area contributed by atoms with Crippen molar-refractivity contribution in [1.29, 1.82) is 0 Å². The number of H-pyrrole nitrogens is 1. The second-order valence-electron chi connectivity index (χ2n) is 4.76. The summed E-state index contributed by atoms with van der Waals surface area (Å²) in [6, 6.07) is 0.0746. The number of likely N-dealkylation sites (tertiary alicyclic amines) is 1. The number of hydrogen-bond donors (Lipinski definition) is 2. The van der Waals surface area contributed by atoms with Crippen molar-refractivity contribution in [2.45, 2.75) is 38.6 Å². The highest BCUT2D eigenvalue weighted by atomic mass is 16.2. The van der Waals surface area contributed by atoms with Gasteiger partial charge in [0.1, 0.15) is 0 Å². The number of aromatic amines is 1. The maximum atomic E-state index is 12.1. The zero-order chi connectivity index (χ0) is 12.8. The summed E-state index contributed by atoms with van der Waals surface area (Å²) in [5.74, 6) is 0.177. The summed E-state index contributed by atoms with van der Waals surface area (Å²) in [6.45, 7) is 4.80. The molecule has 0 unspecified atom stereocenters. The van der Waals surface area contributed by atoms with Crippen LogP contribution in [-0.4, -0.2) is 46.5 Å². The summed E-state index contributed by atoms with van der Waals surface area (Å²) in [4.78, 5) is 21.4. The number of hydrogen-bond acceptors (Lipinski definition) is 3. The molecule has 1 aliphatic heterocycles. The first kappa shape index (κ1) is 13.1. The quantitative estimate of drug-likeness (QED) is 0.817. The van der Waals surface area contributed by atoms with Crippen molar-refractivity contribution in [3.8, 4) is 0 Å². The Bertz CT molecular complexity index is 363. The normalized spacial score (nSPS) is 20.8. The molecule has 0 aliphatic carbocycles. The highest BCUT2D eigenvalue weighted by Crippen LogP contribution is 2.16. The molecule has 18 heavy (non-hydrogen) atoms. The topological polar surface area (TPSA) is 61.0 Å². The summed E-state index contributed by atoms with van der Waals surface area (Å²) in [5, 5.41) is 3.03. The molecular formula is C13H22N4O. The van der Waals surface area contributed by atoms with Crippen LogP contribution >= 0.6 is 0 Å². The molecule has 1 saturated heterocycles. The molecule has 1 aliphatic rings. The van der Waals surface area contributed by atoms with Crippen LogP contribution in [0.3, 0.4) is 0 Å². The van der Waals surface area contributed by atoms with E-state index in [4.69, 9.17) is 0 Å². The van der Waals surface area contributed by atoms with Crippen LogP contribution in [0.5, 0.6) is 0 Å². The summed E-state index contributed by atoms with van der Waals surface area (Å²) < 4.78 is 0. The predicted molar refractivity (Wildman–Crippen MR) is 70.2 cm³/mol. The van der Waals surface area contributed by atoms with Crippen LogP contribution in [0.25, 0.3) is 0 Å². The van der Waals surface area contributed by atoms with Crippen LogP contribution in [0.4, 0.5) is 0 Å². The molecule has 1 amide bonds. The van der Waals surface area contributed by atoms with Crippen molar-refractivity contribution in [2.75, 3.05) is 19.6 Å². The van der Waals surface area contributed by atoms with Gasteiger partial charge < -0.3 is 10.3 Å².